The zero-order valence-corrected chi connectivity index (χ0v) is 12.4. The van der Waals surface area contributed by atoms with Gasteiger partial charge in [0.2, 0.25) is 0 Å². The van der Waals surface area contributed by atoms with Gasteiger partial charge in [0.05, 0.1) is 12.2 Å². The molecule has 1 aromatic rings. The normalized spacial score (nSPS) is 10.3. The van der Waals surface area contributed by atoms with Crippen molar-refractivity contribution >= 4 is 29.0 Å². The number of thioether (sulfide) groups is 1. The average Bonchev–Trinajstić information content (AvgIpc) is 2.35. The summed E-state index contributed by atoms with van der Waals surface area (Å²) < 4.78 is 10.7. The minimum Gasteiger partial charge on any atom is -0.493 e. The van der Waals surface area contributed by atoms with E-state index in [0.717, 1.165) is 28.4 Å². The molecule has 0 unspecified atom stereocenters. The van der Waals surface area contributed by atoms with Gasteiger partial charge in [-0.25, -0.2) is 0 Å². The lowest BCUT2D eigenvalue weighted by Crippen LogP contribution is -2.14. The van der Waals surface area contributed by atoms with Crippen molar-refractivity contribution in [1.29, 1.82) is 0 Å². The first kappa shape index (κ1) is 15.3. The smallest absolute Gasteiger partial charge is 0.130 e. The summed E-state index contributed by atoms with van der Waals surface area (Å²) in [6.45, 7) is 3.38. The fraction of sp³-hybridized carbons (Fsp3) is 0.462. The lowest BCUT2D eigenvalue weighted by atomic mass is 10.2. The lowest BCUT2D eigenvalue weighted by molar-refractivity contribution is 0.172. The van der Waals surface area contributed by atoms with Crippen LogP contribution in [0.25, 0.3) is 0 Å². The fourth-order valence-electron chi connectivity index (χ4n) is 1.54. The Morgan fingerprint density at radius 3 is 2.78 bits per heavy atom. The molecule has 0 bridgehead atoms. The van der Waals surface area contributed by atoms with Crippen molar-refractivity contribution in [3.8, 4) is 5.75 Å². The van der Waals surface area contributed by atoms with Crippen LogP contribution in [-0.2, 0) is 4.74 Å². The van der Waals surface area contributed by atoms with Gasteiger partial charge >= 0.3 is 0 Å². The number of hydrogen-bond donors (Lipinski definition) is 1. The number of methoxy groups -OCH3 is 1. The number of nitrogens with two attached hydrogens (primary N) is 1. The summed E-state index contributed by atoms with van der Waals surface area (Å²) in [7, 11) is 1.68. The number of hydrogen-bond acceptors (Lipinski definition) is 4. The molecule has 0 aliphatic rings. The number of benzene rings is 1. The van der Waals surface area contributed by atoms with E-state index in [9.17, 15) is 0 Å². The largest absolute Gasteiger partial charge is 0.493 e. The molecule has 0 amide bonds. The van der Waals surface area contributed by atoms with Crippen LogP contribution >= 0.6 is 24.0 Å². The van der Waals surface area contributed by atoms with Gasteiger partial charge in [-0.15, -0.1) is 11.8 Å². The monoisotopic (exact) mass is 285 g/mol. The molecule has 0 saturated carbocycles. The number of ether oxygens (including phenoxy) is 2. The molecule has 5 heteroatoms. The third-order valence-corrected chi connectivity index (χ3v) is 3.43. The summed E-state index contributed by atoms with van der Waals surface area (Å²) in [6, 6.07) is 5.89. The highest BCUT2D eigenvalue weighted by Gasteiger charge is 2.12. The maximum absolute atomic E-state index is 5.79. The summed E-state index contributed by atoms with van der Waals surface area (Å²) in [6.07, 6.45) is 0.846. The van der Waals surface area contributed by atoms with E-state index in [0.29, 0.717) is 18.2 Å². The molecule has 0 heterocycles. The molecule has 100 valence electrons. The lowest BCUT2D eigenvalue weighted by Gasteiger charge is -2.14. The van der Waals surface area contributed by atoms with Crippen LogP contribution in [0.1, 0.15) is 18.9 Å². The van der Waals surface area contributed by atoms with Crippen LogP contribution < -0.4 is 10.5 Å². The van der Waals surface area contributed by atoms with E-state index in [1.165, 1.54) is 0 Å². The van der Waals surface area contributed by atoms with Crippen molar-refractivity contribution in [2.45, 2.75) is 18.2 Å². The van der Waals surface area contributed by atoms with Gasteiger partial charge in [0.25, 0.3) is 0 Å². The number of thiocarbonyl (C=S) groups is 1. The molecular formula is C13H19NO2S2. The van der Waals surface area contributed by atoms with E-state index in [1.54, 1.807) is 18.9 Å². The summed E-state index contributed by atoms with van der Waals surface area (Å²) >= 11 is 6.83. The van der Waals surface area contributed by atoms with Crippen LogP contribution in [0.5, 0.6) is 5.75 Å². The van der Waals surface area contributed by atoms with Gasteiger partial charge in [0.1, 0.15) is 10.7 Å². The van der Waals surface area contributed by atoms with Gasteiger partial charge < -0.3 is 15.2 Å². The predicted molar refractivity (Wildman–Crippen MR) is 80.7 cm³/mol. The Balaban J connectivity index is 2.82. The molecule has 3 nitrogen and oxygen atoms in total. The van der Waals surface area contributed by atoms with Crippen LogP contribution in [0.15, 0.2) is 23.1 Å². The van der Waals surface area contributed by atoms with Gasteiger partial charge in [0.15, 0.2) is 0 Å². The van der Waals surface area contributed by atoms with Crippen LogP contribution in [-0.4, -0.2) is 31.1 Å². The standard InChI is InChI=1S/C13H19NO2S2/c1-3-18-11-7-4-6-10(12(11)13(14)17)16-9-5-8-15-2/h4,6-7H,3,5,8-9H2,1-2H3,(H2,14,17). The van der Waals surface area contributed by atoms with Gasteiger partial charge in [0, 0.05) is 25.0 Å². The second kappa shape index (κ2) is 8.34. The summed E-state index contributed by atoms with van der Waals surface area (Å²) in [5.41, 5.74) is 6.63. The van der Waals surface area contributed by atoms with Crippen LogP contribution in [0.2, 0.25) is 0 Å². The molecule has 0 saturated heterocycles. The topological polar surface area (TPSA) is 44.5 Å². The van der Waals surface area contributed by atoms with Crippen molar-refractivity contribution in [1.82, 2.24) is 0 Å². The Morgan fingerprint density at radius 1 is 1.39 bits per heavy atom. The summed E-state index contributed by atoms with van der Waals surface area (Å²) in [5, 5.41) is 0. The first-order valence-electron chi connectivity index (χ1n) is 5.88. The van der Waals surface area contributed by atoms with E-state index >= 15 is 0 Å². The third-order valence-electron chi connectivity index (χ3n) is 2.28. The van der Waals surface area contributed by atoms with E-state index < -0.39 is 0 Å². The summed E-state index contributed by atoms with van der Waals surface area (Å²) in [4.78, 5) is 1.46. The molecular weight excluding hydrogens is 266 g/mol. The molecule has 2 N–H and O–H groups in total. The average molecular weight is 285 g/mol. The van der Waals surface area contributed by atoms with Gasteiger partial charge in [-0.2, -0.15) is 0 Å². The quantitative estimate of drug-likeness (QED) is 0.452. The van der Waals surface area contributed by atoms with E-state index in [1.807, 2.05) is 18.2 Å². The molecule has 1 rings (SSSR count). The fourth-order valence-corrected chi connectivity index (χ4v) is 2.65. The van der Waals surface area contributed by atoms with Crippen molar-refractivity contribution in [3.05, 3.63) is 23.8 Å². The first-order valence-corrected chi connectivity index (χ1v) is 7.27. The minimum atomic E-state index is 0.383. The third kappa shape index (κ3) is 4.48. The molecule has 0 aliphatic heterocycles. The molecule has 0 spiro atoms. The first-order chi connectivity index (χ1) is 8.70. The SMILES string of the molecule is CCSc1cccc(OCCCOC)c1C(N)=S. The van der Waals surface area contributed by atoms with Gasteiger partial charge in [-0.1, -0.05) is 25.2 Å². The predicted octanol–water partition coefficient (Wildman–Crippen LogP) is 2.85. The zero-order chi connectivity index (χ0) is 13.4. The Kier molecular flexibility index (Phi) is 7.08. The molecule has 18 heavy (non-hydrogen) atoms. The second-order valence-corrected chi connectivity index (χ2v) is 5.37. The highest BCUT2D eigenvalue weighted by molar-refractivity contribution is 7.99. The Labute approximate surface area is 118 Å². The van der Waals surface area contributed by atoms with E-state index in [2.05, 4.69) is 6.92 Å². The van der Waals surface area contributed by atoms with E-state index in [-0.39, 0.29) is 0 Å². The molecule has 0 atom stereocenters. The second-order valence-electron chi connectivity index (χ2n) is 3.62. The Morgan fingerprint density at radius 2 is 2.17 bits per heavy atom. The molecule has 0 aromatic heterocycles. The van der Waals surface area contributed by atoms with Crippen LogP contribution in [0.3, 0.4) is 0 Å². The zero-order valence-electron chi connectivity index (χ0n) is 10.8. The Hall–Kier alpha value is -0.780. The van der Waals surface area contributed by atoms with Gasteiger partial charge in [-0.3, -0.25) is 0 Å². The Bertz CT molecular complexity index is 397. The maximum Gasteiger partial charge on any atom is 0.130 e. The van der Waals surface area contributed by atoms with Crippen molar-refractivity contribution in [2.24, 2.45) is 5.73 Å². The van der Waals surface area contributed by atoms with Crippen LogP contribution in [0, 0.1) is 0 Å². The van der Waals surface area contributed by atoms with Crippen LogP contribution in [0.4, 0.5) is 0 Å². The van der Waals surface area contributed by atoms with E-state index in [4.69, 9.17) is 27.4 Å². The highest BCUT2D eigenvalue weighted by Crippen LogP contribution is 2.30. The molecule has 0 fully saturated rings. The maximum atomic E-state index is 5.79. The minimum absolute atomic E-state index is 0.383. The van der Waals surface area contributed by atoms with Gasteiger partial charge in [-0.05, 0) is 17.9 Å². The molecule has 1 aromatic carbocycles. The number of rotatable bonds is 8. The molecule has 0 radical (unpaired) electrons. The van der Waals surface area contributed by atoms with Crippen molar-refractivity contribution in [2.75, 3.05) is 26.1 Å². The summed E-state index contributed by atoms with van der Waals surface area (Å²) in [5.74, 6) is 1.74. The van der Waals surface area contributed by atoms with Crippen molar-refractivity contribution in [3.63, 3.8) is 0 Å². The molecule has 0 aliphatic carbocycles. The van der Waals surface area contributed by atoms with Crippen molar-refractivity contribution < 1.29 is 9.47 Å². The highest BCUT2D eigenvalue weighted by atomic mass is 32.2.